The monoisotopic (exact) mass is 333 g/mol. The first-order chi connectivity index (χ1) is 11.7. The number of benzene rings is 1. The number of ether oxygens (including phenoxy) is 2. The van der Waals surface area contributed by atoms with Crippen molar-refractivity contribution in [1.29, 1.82) is 0 Å². The van der Waals surface area contributed by atoms with Gasteiger partial charge >= 0.3 is 0 Å². The Bertz CT molecular complexity index is 502. The Morgan fingerprint density at radius 3 is 2.79 bits per heavy atom. The predicted octanol–water partition coefficient (Wildman–Crippen LogP) is 2.45. The van der Waals surface area contributed by atoms with Crippen molar-refractivity contribution >= 4 is 5.96 Å². The van der Waals surface area contributed by atoms with Crippen molar-refractivity contribution in [2.24, 2.45) is 10.9 Å². The Morgan fingerprint density at radius 1 is 1.29 bits per heavy atom. The fourth-order valence-electron chi connectivity index (χ4n) is 2.84. The largest absolute Gasteiger partial charge is 0.382 e. The lowest BCUT2D eigenvalue weighted by atomic mass is 10.1. The average molecular weight is 333 g/mol. The summed E-state index contributed by atoms with van der Waals surface area (Å²) < 4.78 is 10.7. The van der Waals surface area contributed by atoms with Crippen LogP contribution in [0.2, 0.25) is 0 Å². The van der Waals surface area contributed by atoms with Crippen molar-refractivity contribution in [3.05, 3.63) is 35.4 Å². The van der Waals surface area contributed by atoms with Crippen LogP contribution in [-0.4, -0.2) is 57.4 Å². The van der Waals surface area contributed by atoms with Gasteiger partial charge in [-0.1, -0.05) is 29.8 Å². The normalized spacial score (nSPS) is 18.2. The van der Waals surface area contributed by atoms with E-state index in [0.717, 1.165) is 38.6 Å². The molecule has 24 heavy (non-hydrogen) atoms. The quantitative estimate of drug-likeness (QED) is 0.451. The van der Waals surface area contributed by atoms with Crippen molar-refractivity contribution < 1.29 is 9.47 Å². The molecule has 1 N–H and O–H groups in total. The van der Waals surface area contributed by atoms with E-state index >= 15 is 0 Å². The number of nitrogens with zero attached hydrogens (tertiary/aromatic N) is 2. The van der Waals surface area contributed by atoms with Crippen LogP contribution in [0.4, 0.5) is 0 Å². The summed E-state index contributed by atoms with van der Waals surface area (Å²) in [5.74, 6) is 1.59. The molecule has 1 saturated heterocycles. The highest BCUT2D eigenvalue weighted by Crippen LogP contribution is 2.17. The minimum absolute atomic E-state index is 0.574. The van der Waals surface area contributed by atoms with Crippen LogP contribution >= 0.6 is 0 Å². The molecule has 0 saturated carbocycles. The first kappa shape index (κ1) is 18.7. The molecule has 0 amide bonds. The average Bonchev–Trinajstić information content (AvgIpc) is 3.06. The van der Waals surface area contributed by atoms with Gasteiger partial charge < -0.3 is 19.7 Å². The Labute approximate surface area is 146 Å². The van der Waals surface area contributed by atoms with Crippen LogP contribution in [0.1, 0.15) is 24.5 Å². The molecule has 0 aliphatic carbocycles. The molecule has 134 valence electrons. The number of guanidine groups is 1. The molecule has 0 spiro atoms. The van der Waals surface area contributed by atoms with Gasteiger partial charge in [0, 0.05) is 32.7 Å². The van der Waals surface area contributed by atoms with Crippen molar-refractivity contribution in [2.45, 2.75) is 26.8 Å². The summed E-state index contributed by atoms with van der Waals surface area (Å²) in [5, 5.41) is 3.42. The van der Waals surface area contributed by atoms with E-state index in [1.165, 1.54) is 11.1 Å². The van der Waals surface area contributed by atoms with Gasteiger partial charge in [-0.15, -0.1) is 0 Å². The molecule has 1 aliphatic rings. The molecule has 1 heterocycles. The summed E-state index contributed by atoms with van der Waals surface area (Å²) in [7, 11) is 1.70. The van der Waals surface area contributed by atoms with Crippen LogP contribution in [0.5, 0.6) is 0 Å². The number of rotatable bonds is 8. The van der Waals surface area contributed by atoms with E-state index in [1.54, 1.807) is 7.11 Å². The zero-order valence-corrected chi connectivity index (χ0v) is 15.3. The lowest BCUT2D eigenvalue weighted by Gasteiger charge is -2.21. The van der Waals surface area contributed by atoms with E-state index < -0.39 is 0 Å². The summed E-state index contributed by atoms with van der Waals surface area (Å²) in [6.07, 6.45) is 1.15. The van der Waals surface area contributed by atoms with Crippen molar-refractivity contribution in [3.63, 3.8) is 0 Å². The van der Waals surface area contributed by atoms with E-state index in [0.29, 0.717) is 25.7 Å². The highest BCUT2D eigenvalue weighted by Gasteiger charge is 2.24. The highest BCUT2D eigenvalue weighted by atomic mass is 16.5. The number of likely N-dealkylation sites (tertiary alicyclic amines) is 1. The Morgan fingerprint density at radius 2 is 2.08 bits per heavy atom. The summed E-state index contributed by atoms with van der Waals surface area (Å²) >= 11 is 0. The molecule has 1 aromatic carbocycles. The molecule has 5 heteroatoms. The first-order valence-corrected chi connectivity index (χ1v) is 8.88. The molecule has 2 rings (SSSR count). The Hall–Kier alpha value is -1.59. The van der Waals surface area contributed by atoms with Crippen molar-refractivity contribution in [3.8, 4) is 0 Å². The molecule has 1 fully saturated rings. The van der Waals surface area contributed by atoms with Crippen LogP contribution in [0, 0.1) is 12.8 Å². The van der Waals surface area contributed by atoms with E-state index in [-0.39, 0.29) is 0 Å². The third kappa shape index (κ3) is 6.13. The zero-order chi connectivity index (χ0) is 17.2. The van der Waals surface area contributed by atoms with Gasteiger partial charge in [-0.2, -0.15) is 0 Å². The van der Waals surface area contributed by atoms with Crippen molar-refractivity contribution in [1.82, 2.24) is 10.2 Å². The second kappa shape index (κ2) is 10.3. The van der Waals surface area contributed by atoms with Gasteiger partial charge in [-0.3, -0.25) is 0 Å². The summed E-state index contributed by atoms with van der Waals surface area (Å²) in [6, 6.07) is 8.58. The summed E-state index contributed by atoms with van der Waals surface area (Å²) in [5.41, 5.74) is 2.53. The second-order valence-electron chi connectivity index (χ2n) is 6.32. The van der Waals surface area contributed by atoms with Gasteiger partial charge in [0.2, 0.25) is 0 Å². The maximum absolute atomic E-state index is 5.67. The third-order valence-corrected chi connectivity index (χ3v) is 4.24. The molecule has 1 aliphatic heterocycles. The van der Waals surface area contributed by atoms with E-state index in [9.17, 15) is 0 Å². The highest BCUT2D eigenvalue weighted by molar-refractivity contribution is 5.80. The molecular weight excluding hydrogens is 302 g/mol. The summed E-state index contributed by atoms with van der Waals surface area (Å²) in [6.45, 7) is 10.0. The van der Waals surface area contributed by atoms with Gasteiger partial charge in [-0.25, -0.2) is 4.99 Å². The van der Waals surface area contributed by atoms with Gasteiger partial charge in [-0.05, 0) is 25.8 Å². The van der Waals surface area contributed by atoms with E-state index in [4.69, 9.17) is 14.5 Å². The number of aryl methyl sites for hydroxylation is 1. The topological polar surface area (TPSA) is 46.1 Å². The first-order valence-electron chi connectivity index (χ1n) is 8.88. The smallest absolute Gasteiger partial charge is 0.194 e. The van der Waals surface area contributed by atoms with Gasteiger partial charge in [0.25, 0.3) is 0 Å². The minimum Gasteiger partial charge on any atom is -0.382 e. The molecule has 0 aromatic heterocycles. The molecular formula is C19H31N3O2. The van der Waals surface area contributed by atoms with Crippen molar-refractivity contribution in [2.75, 3.05) is 46.6 Å². The maximum atomic E-state index is 5.67. The fourth-order valence-corrected chi connectivity index (χ4v) is 2.84. The molecule has 5 nitrogen and oxygen atoms in total. The third-order valence-electron chi connectivity index (χ3n) is 4.24. The number of aliphatic imine (C=N–C) groups is 1. The van der Waals surface area contributed by atoms with E-state index in [1.807, 2.05) is 0 Å². The van der Waals surface area contributed by atoms with Crippen LogP contribution < -0.4 is 5.32 Å². The number of nitrogens with one attached hydrogen (secondary N) is 1. The Kier molecular flexibility index (Phi) is 8.05. The molecule has 1 atom stereocenters. The minimum atomic E-state index is 0.574. The zero-order valence-electron chi connectivity index (χ0n) is 15.3. The second-order valence-corrected chi connectivity index (χ2v) is 6.32. The standard InChI is InChI=1S/C19H31N3O2/c1-4-20-19(21-13-17-7-5-16(2)6-8-17)22-10-9-18(14-22)15-24-12-11-23-3/h5-8,18H,4,9-15H2,1-3H3,(H,20,21). The SMILES string of the molecule is CCNC(=NCc1ccc(C)cc1)N1CCC(COCCOC)C1. The van der Waals surface area contributed by atoms with Crippen LogP contribution in [0.3, 0.4) is 0 Å². The molecule has 1 aromatic rings. The van der Waals surface area contributed by atoms with Crippen LogP contribution in [-0.2, 0) is 16.0 Å². The Balaban J connectivity index is 1.85. The molecule has 0 radical (unpaired) electrons. The van der Waals surface area contributed by atoms with Gasteiger partial charge in [0.15, 0.2) is 5.96 Å². The van der Waals surface area contributed by atoms with Gasteiger partial charge in [0.1, 0.15) is 0 Å². The summed E-state index contributed by atoms with van der Waals surface area (Å²) in [4.78, 5) is 7.16. The number of hydrogen-bond donors (Lipinski definition) is 1. The van der Waals surface area contributed by atoms with Crippen LogP contribution in [0.15, 0.2) is 29.3 Å². The molecule has 1 unspecified atom stereocenters. The number of methoxy groups -OCH3 is 1. The maximum Gasteiger partial charge on any atom is 0.194 e. The number of hydrogen-bond acceptors (Lipinski definition) is 3. The predicted molar refractivity (Wildman–Crippen MR) is 98.4 cm³/mol. The molecule has 0 bridgehead atoms. The van der Waals surface area contributed by atoms with Crippen LogP contribution in [0.25, 0.3) is 0 Å². The van der Waals surface area contributed by atoms with Gasteiger partial charge in [0.05, 0.1) is 26.4 Å². The van der Waals surface area contributed by atoms with E-state index in [2.05, 4.69) is 48.3 Å². The fraction of sp³-hybridized carbons (Fsp3) is 0.632. The lowest BCUT2D eigenvalue weighted by Crippen LogP contribution is -2.40. The lowest BCUT2D eigenvalue weighted by molar-refractivity contribution is 0.0536.